The Hall–Kier alpha value is -2.62. The van der Waals surface area contributed by atoms with Gasteiger partial charge in [-0.15, -0.1) is 10.2 Å². The Morgan fingerprint density at radius 3 is 2.85 bits per heavy atom. The number of anilines is 1. The first-order valence-corrected chi connectivity index (χ1v) is 9.20. The molecule has 1 aliphatic rings. The Morgan fingerprint density at radius 1 is 1.46 bits per heavy atom. The first-order chi connectivity index (χ1) is 12.5. The van der Waals surface area contributed by atoms with Crippen LogP contribution in [0.1, 0.15) is 31.5 Å². The zero-order chi connectivity index (χ0) is 18.7. The number of amides is 1. The number of rotatable bonds is 8. The zero-order valence-electron chi connectivity index (χ0n) is 14.5. The normalized spacial score (nSPS) is 13.5. The van der Waals surface area contributed by atoms with Crippen molar-refractivity contribution >= 4 is 29.0 Å². The maximum Gasteiger partial charge on any atom is 0.296 e. The van der Waals surface area contributed by atoms with Gasteiger partial charge in [0, 0.05) is 12.5 Å². The van der Waals surface area contributed by atoms with Crippen molar-refractivity contribution in [1.29, 1.82) is 0 Å². The summed E-state index contributed by atoms with van der Waals surface area (Å²) in [5.41, 5.74) is -0.0764. The van der Waals surface area contributed by atoms with Crippen molar-refractivity contribution in [2.45, 2.75) is 37.4 Å². The van der Waals surface area contributed by atoms with E-state index >= 15 is 0 Å². The smallest absolute Gasteiger partial charge is 0.296 e. The lowest BCUT2D eigenvalue weighted by atomic mass is 10.2. The molecular formula is C16H19N5O4S. The summed E-state index contributed by atoms with van der Waals surface area (Å²) in [5.74, 6) is 1.55. The van der Waals surface area contributed by atoms with Gasteiger partial charge in [-0.25, -0.2) is 0 Å². The summed E-state index contributed by atoms with van der Waals surface area (Å²) < 4.78 is 7.00. The predicted octanol–water partition coefficient (Wildman–Crippen LogP) is 2.82. The number of thioether (sulfide) groups is 1. The van der Waals surface area contributed by atoms with E-state index in [2.05, 4.69) is 15.5 Å². The van der Waals surface area contributed by atoms with Crippen molar-refractivity contribution in [2.75, 3.05) is 18.2 Å². The second-order valence-corrected chi connectivity index (χ2v) is 6.78. The molecule has 0 aliphatic heterocycles. The molecule has 1 aromatic heterocycles. The lowest BCUT2D eigenvalue weighted by Crippen LogP contribution is -2.15. The molecule has 26 heavy (non-hydrogen) atoms. The molecule has 1 amide bonds. The van der Waals surface area contributed by atoms with Crippen LogP contribution < -0.4 is 10.1 Å². The quantitative estimate of drug-likeness (QED) is 0.427. The van der Waals surface area contributed by atoms with Gasteiger partial charge in [-0.3, -0.25) is 14.9 Å². The third-order valence-electron chi connectivity index (χ3n) is 4.01. The van der Waals surface area contributed by atoms with Crippen LogP contribution in [0.5, 0.6) is 5.75 Å². The van der Waals surface area contributed by atoms with Crippen molar-refractivity contribution in [3.8, 4) is 5.75 Å². The minimum atomic E-state index is -0.555. The Labute approximate surface area is 154 Å². The highest BCUT2D eigenvalue weighted by atomic mass is 32.2. The van der Waals surface area contributed by atoms with Gasteiger partial charge in [-0.05, 0) is 31.9 Å². The second kappa shape index (κ2) is 7.73. The number of nitrogens with zero attached hydrogens (tertiary/aromatic N) is 4. The lowest BCUT2D eigenvalue weighted by molar-refractivity contribution is -0.384. The maximum absolute atomic E-state index is 12.2. The van der Waals surface area contributed by atoms with Crippen LogP contribution in [0.15, 0.2) is 23.4 Å². The van der Waals surface area contributed by atoms with Crippen LogP contribution in [0, 0.1) is 10.1 Å². The molecule has 10 heteroatoms. The van der Waals surface area contributed by atoms with Gasteiger partial charge in [0.15, 0.2) is 5.16 Å². The van der Waals surface area contributed by atoms with Crippen LogP contribution in [0.4, 0.5) is 11.4 Å². The minimum Gasteiger partial charge on any atom is -0.496 e. The van der Waals surface area contributed by atoms with Crippen LogP contribution in [-0.2, 0) is 11.3 Å². The van der Waals surface area contributed by atoms with Gasteiger partial charge < -0.3 is 14.6 Å². The number of hydrogen-bond donors (Lipinski definition) is 1. The van der Waals surface area contributed by atoms with Crippen molar-refractivity contribution in [3.63, 3.8) is 0 Å². The fourth-order valence-corrected chi connectivity index (χ4v) is 3.37. The Morgan fingerprint density at radius 2 is 2.23 bits per heavy atom. The fraction of sp³-hybridized carbons (Fsp3) is 0.438. The standard InChI is InChI=1S/C16H19N5O4S/c1-3-20-15(10-4-5-10)18-19-16(20)26-9-14(22)17-12-7-6-11(25-2)8-13(12)21(23)24/h6-8,10H,3-5,9H2,1-2H3,(H,17,22). The monoisotopic (exact) mass is 377 g/mol. The molecular weight excluding hydrogens is 358 g/mol. The Kier molecular flexibility index (Phi) is 5.40. The molecule has 0 bridgehead atoms. The van der Waals surface area contributed by atoms with Crippen molar-refractivity contribution < 1.29 is 14.5 Å². The van der Waals surface area contributed by atoms with E-state index < -0.39 is 4.92 Å². The number of ether oxygens (including phenoxy) is 1. The molecule has 0 atom stereocenters. The van der Waals surface area contributed by atoms with E-state index in [0.717, 1.165) is 25.2 Å². The van der Waals surface area contributed by atoms with Crippen LogP contribution in [0.3, 0.4) is 0 Å². The molecule has 2 aromatic rings. The number of nitro benzene ring substituents is 1. The summed E-state index contributed by atoms with van der Waals surface area (Å²) in [6.07, 6.45) is 2.26. The topological polar surface area (TPSA) is 112 Å². The summed E-state index contributed by atoms with van der Waals surface area (Å²) in [4.78, 5) is 22.8. The molecule has 1 aromatic carbocycles. The third kappa shape index (κ3) is 3.96. The van der Waals surface area contributed by atoms with Crippen LogP contribution >= 0.6 is 11.8 Å². The van der Waals surface area contributed by atoms with Crippen molar-refractivity contribution in [2.24, 2.45) is 0 Å². The highest BCUT2D eigenvalue weighted by Crippen LogP contribution is 2.40. The average Bonchev–Trinajstić information content (AvgIpc) is 3.39. The molecule has 0 saturated heterocycles. The molecule has 1 heterocycles. The minimum absolute atomic E-state index is 0.0893. The number of methoxy groups -OCH3 is 1. The number of benzene rings is 1. The van der Waals surface area contributed by atoms with Crippen molar-refractivity contribution in [1.82, 2.24) is 14.8 Å². The SMILES string of the molecule is CCn1c(SCC(=O)Nc2ccc(OC)cc2[N+](=O)[O-])nnc1C1CC1. The van der Waals surface area contributed by atoms with E-state index in [1.807, 2.05) is 11.5 Å². The van der Waals surface area contributed by atoms with Gasteiger partial charge in [0.05, 0.1) is 23.9 Å². The third-order valence-corrected chi connectivity index (χ3v) is 4.98. The molecule has 0 radical (unpaired) electrons. The molecule has 9 nitrogen and oxygen atoms in total. The summed E-state index contributed by atoms with van der Waals surface area (Å²) in [6, 6.07) is 4.29. The largest absolute Gasteiger partial charge is 0.496 e. The molecule has 0 spiro atoms. The van der Waals surface area contributed by atoms with Gasteiger partial charge >= 0.3 is 0 Å². The van der Waals surface area contributed by atoms with Gasteiger partial charge in [-0.2, -0.15) is 0 Å². The Balaban J connectivity index is 1.65. The highest BCUT2D eigenvalue weighted by molar-refractivity contribution is 7.99. The summed E-state index contributed by atoms with van der Waals surface area (Å²) >= 11 is 1.27. The first-order valence-electron chi connectivity index (χ1n) is 8.21. The molecule has 1 N–H and O–H groups in total. The molecule has 3 rings (SSSR count). The highest BCUT2D eigenvalue weighted by Gasteiger charge is 2.30. The summed E-state index contributed by atoms with van der Waals surface area (Å²) in [6.45, 7) is 2.76. The van der Waals surface area contributed by atoms with Gasteiger partial charge in [0.25, 0.3) is 5.69 Å². The number of hydrogen-bond acceptors (Lipinski definition) is 7. The summed E-state index contributed by atoms with van der Waals surface area (Å²) in [7, 11) is 1.42. The van der Waals surface area contributed by atoms with Gasteiger partial charge in [-0.1, -0.05) is 11.8 Å². The molecule has 138 valence electrons. The predicted molar refractivity (Wildman–Crippen MR) is 96.7 cm³/mol. The fourth-order valence-electron chi connectivity index (χ4n) is 2.56. The average molecular weight is 377 g/mol. The number of nitrogens with one attached hydrogen (secondary N) is 1. The van der Waals surface area contributed by atoms with Crippen LogP contribution in [-0.4, -0.2) is 38.5 Å². The van der Waals surface area contributed by atoms with Crippen molar-refractivity contribution in [3.05, 3.63) is 34.1 Å². The molecule has 1 fully saturated rings. The number of carbonyl (C=O) groups excluding carboxylic acids is 1. The zero-order valence-corrected chi connectivity index (χ0v) is 15.3. The van der Waals surface area contributed by atoms with E-state index in [1.165, 1.54) is 31.0 Å². The number of carbonyl (C=O) groups is 1. The van der Waals surface area contributed by atoms with Crippen LogP contribution in [0.2, 0.25) is 0 Å². The molecule has 1 saturated carbocycles. The number of aromatic nitrogens is 3. The van der Waals surface area contributed by atoms with E-state index in [0.29, 0.717) is 16.8 Å². The Bertz CT molecular complexity index is 834. The second-order valence-electron chi connectivity index (χ2n) is 5.84. The van der Waals surface area contributed by atoms with E-state index in [-0.39, 0.29) is 23.0 Å². The summed E-state index contributed by atoms with van der Waals surface area (Å²) in [5, 5.41) is 22.8. The van der Waals surface area contributed by atoms with E-state index in [9.17, 15) is 14.9 Å². The van der Waals surface area contributed by atoms with E-state index in [4.69, 9.17) is 4.74 Å². The molecule has 0 unspecified atom stereocenters. The van der Waals surface area contributed by atoms with Gasteiger partial charge in [0.2, 0.25) is 5.91 Å². The maximum atomic E-state index is 12.2. The van der Waals surface area contributed by atoms with Gasteiger partial charge in [0.1, 0.15) is 17.3 Å². The lowest BCUT2D eigenvalue weighted by Gasteiger charge is -2.08. The van der Waals surface area contributed by atoms with E-state index in [1.54, 1.807) is 6.07 Å². The number of nitro groups is 1. The first kappa shape index (κ1) is 18.2. The molecule has 1 aliphatic carbocycles. The van der Waals surface area contributed by atoms with Crippen LogP contribution in [0.25, 0.3) is 0 Å².